The molecule has 10 heteroatoms. The lowest BCUT2D eigenvalue weighted by Gasteiger charge is -2.34. The summed E-state index contributed by atoms with van der Waals surface area (Å²) in [6.07, 6.45) is 1.28. The second-order valence-corrected chi connectivity index (χ2v) is 8.97. The summed E-state index contributed by atoms with van der Waals surface area (Å²) in [7, 11) is -2.20. The summed E-state index contributed by atoms with van der Waals surface area (Å²) in [4.78, 5) is 0. The maximum Gasteiger partial charge on any atom is 0.262 e. The number of aryl methyl sites for hydroxylation is 2. The zero-order chi connectivity index (χ0) is 20.6. The third kappa shape index (κ3) is 3.59. The van der Waals surface area contributed by atoms with Crippen LogP contribution in [0.3, 0.4) is 0 Å². The third-order valence-corrected chi connectivity index (χ3v) is 7.22. The van der Waals surface area contributed by atoms with Crippen molar-refractivity contribution in [2.24, 2.45) is 7.05 Å². The first-order chi connectivity index (χ1) is 13.9. The Kier molecular flexibility index (Phi) is 5.24. The van der Waals surface area contributed by atoms with Crippen LogP contribution in [-0.2, 0) is 28.4 Å². The van der Waals surface area contributed by atoms with Crippen LogP contribution in [0.1, 0.15) is 28.6 Å². The highest BCUT2D eigenvalue weighted by molar-refractivity contribution is 7.89. The van der Waals surface area contributed by atoms with E-state index in [2.05, 4.69) is 15.4 Å². The van der Waals surface area contributed by atoms with Gasteiger partial charge in [0, 0.05) is 24.8 Å². The standard InChI is InChI=1S/C19H24N6O3S/c1-14-19(15(2)24(21-14)12-16-7-5-4-6-8-16)17-13-28-10-9-25(17)29(26,27)18-11-20-22-23(18)3/h4-8,11,17H,9-10,12-13H2,1-3H3. The van der Waals surface area contributed by atoms with Crippen LogP contribution >= 0.6 is 0 Å². The molecule has 3 heterocycles. The average molecular weight is 417 g/mol. The van der Waals surface area contributed by atoms with Crippen molar-refractivity contribution in [1.29, 1.82) is 0 Å². The second-order valence-electron chi connectivity index (χ2n) is 7.13. The lowest BCUT2D eigenvalue weighted by molar-refractivity contribution is 0.0314. The van der Waals surface area contributed by atoms with Gasteiger partial charge in [-0.25, -0.2) is 13.1 Å². The minimum absolute atomic E-state index is 0.0661. The van der Waals surface area contributed by atoms with Crippen LogP contribution in [0.25, 0.3) is 0 Å². The Balaban J connectivity index is 1.72. The molecule has 1 fully saturated rings. The van der Waals surface area contributed by atoms with Crippen molar-refractivity contribution in [1.82, 2.24) is 29.1 Å². The molecule has 1 saturated heterocycles. The molecule has 0 spiro atoms. The van der Waals surface area contributed by atoms with Gasteiger partial charge in [-0.3, -0.25) is 4.68 Å². The third-order valence-electron chi connectivity index (χ3n) is 5.27. The average Bonchev–Trinajstić information content (AvgIpc) is 3.26. The lowest BCUT2D eigenvalue weighted by Crippen LogP contribution is -2.44. The first kappa shape index (κ1) is 19.7. The number of morpholine rings is 1. The van der Waals surface area contributed by atoms with Gasteiger partial charge in [-0.2, -0.15) is 9.40 Å². The maximum atomic E-state index is 13.3. The Bertz CT molecular complexity index is 1110. The summed E-state index contributed by atoms with van der Waals surface area (Å²) in [5.74, 6) is 0. The van der Waals surface area contributed by atoms with E-state index in [1.54, 1.807) is 7.05 Å². The number of hydrogen-bond donors (Lipinski definition) is 0. The van der Waals surface area contributed by atoms with Crippen molar-refractivity contribution >= 4 is 10.0 Å². The van der Waals surface area contributed by atoms with Crippen molar-refractivity contribution < 1.29 is 13.2 Å². The highest BCUT2D eigenvalue weighted by Crippen LogP contribution is 2.33. The summed E-state index contributed by atoms with van der Waals surface area (Å²) < 4.78 is 37.0. The van der Waals surface area contributed by atoms with Crippen LogP contribution < -0.4 is 0 Å². The molecule has 9 nitrogen and oxygen atoms in total. The van der Waals surface area contributed by atoms with Gasteiger partial charge in [0.25, 0.3) is 10.0 Å². The maximum absolute atomic E-state index is 13.3. The Hall–Kier alpha value is -2.56. The number of ether oxygens (including phenoxy) is 1. The molecule has 1 atom stereocenters. The van der Waals surface area contributed by atoms with E-state index >= 15 is 0 Å². The van der Waals surface area contributed by atoms with E-state index < -0.39 is 16.1 Å². The number of rotatable bonds is 5. The Morgan fingerprint density at radius 1 is 1.21 bits per heavy atom. The van der Waals surface area contributed by atoms with Gasteiger partial charge in [0.1, 0.15) is 0 Å². The summed E-state index contributed by atoms with van der Waals surface area (Å²) >= 11 is 0. The van der Waals surface area contributed by atoms with Crippen molar-refractivity contribution in [3.8, 4) is 0 Å². The molecule has 1 aromatic carbocycles. The van der Waals surface area contributed by atoms with Crippen molar-refractivity contribution in [2.45, 2.75) is 31.5 Å². The SMILES string of the molecule is Cc1nn(Cc2ccccc2)c(C)c1C1COCCN1S(=O)(=O)c1cnnn1C. The van der Waals surface area contributed by atoms with Gasteiger partial charge in [0.15, 0.2) is 5.03 Å². The quantitative estimate of drug-likeness (QED) is 0.625. The fourth-order valence-corrected chi connectivity index (χ4v) is 5.45. The van der Waals surface area contributed by atoms with Gasteiger partial charge in [0.2, 0.25) is 0 Å². The number of benzene rings is 1. The monoisotopic (exact) mass is 416 g/mol. The zero-order valence-electron chi connectivity index (χ0n) is 16.7. The fraction of sp³-hybridized carbons (Fsp3) is 0.421. The van der Waals surface area contributed by atoms with Gasteiger partial charge in [-0.15, -0.1) is 5.10 Å². The second kappa shape index (κ2) is 7.69. The van der Waals surface area contributed by atoms with E-state index in [0.29, 0.717) is 13.2 Å². The first-order valence-corrected chi connectivity index (χ1v) is 10.9. The van der Waals surface area contributed by atoms with Crippen LogP contribution in [0.2, 0.25) is 0 Å². The van der Waals surface area contributed by atoms with E-state index in [4.69, 9.17) is 4.74 Å². The number of aromatic nitrogens is 5. The van der Waals surface area contributed by atoms with Gasteiger partial charge < -0.3 is 4.74 Å². The predicted molar refractivity (Wildman–Crippen MR) is 106 cm³/mol. The molecule has 2 aromatic heterocycles. The molecular formula is C19H24N6O3S. The van der Waals surface area contributed by atoms with Crippen LogP contribution in [0.5, 0.6) is 0 Å². The fourth-order valence-electron chi connectivity index (χ4n) is 3.84. The van der Waals surface area contributed by atoms with Gasteiger partial charge in [0.05, 0.1) is 37.7 Å². The first-order valence-electron chi connectivity index (χ1n) is 9.41. The van der Waals surface area contributed by atoms with Gasteiger partial charge >= 0.3 is 0 Å². The Morgan fingerprint density at radius 3 is 2.66 bits per heavy atom. The molecule has 0 radical (unpaired) electrons. The van der Waals surface area contributed by atoms with E-state index in [1.807, 2.05) is 48.9 Å². The smallest absolute Gasteiger partial charge is 0.262 e. The highest BCUT2D eigenvalue weighted by Gasteiger charge is 2.39. The van der Waals surface area contributed by atoms with Gasteiger partial charge in [-0.1, -0.05) is 35.5 Å². The molecule has 1 unspecified atom stereocenters. The highest BCUT2D eigenvalue weighted by atomic mass is 32.2. The number of sulfonamides is 1. The largest absolute Gasteiger partial charge is 0.378 e. The molecule has 0 amide bonds. The minimum atomic E-state index is -3.78. The van der Waals surface area contributed by atoms with E-state index in [0.717, 1.165) is 22.5 Å². The summed E-state index contributed by atoms with van der Waals surface area (Å²) in [6.45, 7) is 5.40. The molecule has 0 saturated carbocycles. The topological polar surface area (TPSA) is 95.1 Å². The van der Waals surface area contributed by atoms with Crippen LogP contribution in [0.15, 0.2) is 41.6 Å². The molecule has 0 bridgehead atoms. The summed E-state index contributed by atoms with van der Waals surface area (Å²) in [5, 5.41) is 12.3. The molecule has 4 rings (SSSR count). The van der Waals surface area contributed by atoms with E-state index in [-0.39, 0.29) is 18.2 Å². The minimum Gasteiger partial charge on any atom is -0.378 e. The lowest BCUT2D eigenvalue weighted by atomic mass is 10.0. The van der Waals surface area contributed by atoms with Crippen LogP contribution in [-0.4, -0.2) is 57.3 Å². The van der Waals surface area contributed by atoms with Gasteiger partial charge in [-0.05, 0) is 19.4 Å². The summed E-state index contributed by atoms with van der Waals surface area (Å²) in [5.41, 5.74) is 3.76. The zero-order valence-corrected chi connectivity index (χ0v) is 17.5. The number of hydrogen-bond acceptors (Lipinski definition) is 6. The molecule has 1 aliphatic rings. The number of nitrogens with zero attached hydrogens (tertiary/aromatic N) is 6. The van der Waals surface area contributed by atoms with Crippen molar-refractivity contribution in [3.63, 3.8) is 0 Å². The molecule has 0 aliphatic carbocycles. The van der Waals surface area contributed by atoms with Crippen molar-refractivity contribution in [3.05, 3.63) is 59.0 Å². The molecule has 3 aromatic rings. The Labute approximate surface area is 169 Å². The van der Waals surface area contributed by atoms with E-state index in [1.165, 1.54) is 15.2 Å². The molecule has 29 heavy (non-hydrogen) atoms. The Morgan fingerprint density at radius 2 is 1.97 bits per heavy atom. The van der Waals surface area contributed by atoms with Crippen LogP contribution in [0, 0.1) is 13.8 Å². The van der Waals surface area contributed by atoms with Crippen LogP contribution in [0.4, 0.5) is 0 Å². The van der Waals surface area contributed by atoms with E-state index in [9.17, 15) is 8.42 Å². The molecule has 1 aliphatic heterocycles. The normalized spacial score (nSPS) is 18.2. The predicted octanol–water partition coefficient (Wildman–Crippen LogP) is 1.44. The summed E-state index contributed by atoms with van der Waals surface area (Å²) in [6, 6.07) is 9.61. The van der Waals surface area contributed by atoms with Crippen molar-refractivity contribution in [2.75, 3.05) is 19.8 Å². The molecule has 154 valence electrons. The molecular weight excluding hydrogens is 392 g/mol. The molecule has 0 N–H and O–H groups in total.